The van der Waals surface area contributed by atoms with Gasteiger partial charge in [-0.25, -0.2) is 0 Å². The van der Waals surface area contributed by atoms with E-state index in [1.807, 2.05) is 13.1 Å². The van der Waals surface area contributed by atoms with Gasteiger partial charge in [0.05, 0.1) is 7.11 Å². The third-order valence-corrected chi connectivity index (χ3v) is 5.68. The molecule has 2 aromatic carbocycles. The van der Waals surface area contributed by atoms with E-state index in [0.717, 1.165) is 37.8 Å². The van der Waals surface area contributed by atoms with Gasteiger partial charge in [-0.15, -0.1) is 0 Å². The van der Waals surface area contributed by atoms with Crippen LogP contribution < -0.4 is 15.4 Å². The fourth-order valence-electron chi connectivity index (χ4n) is 3.70. The van der Waals surface area contributed by atoms with E-state index in [9.17, 15) is 0 Å². The van der Waals surface area contributed by atoms with Crippen molar-refractivity contribution < 1.29 is 9.47 Å². The summed E-state index contributed by atoms with van der Waals surface area (Å²) in [7, 11) is 5.30. The highest BCUT2D eigenvalue weighted by molar-refractivity contribution is 5.85. The predicted molar refractivity (Wildman–Crippen MR) is 111 cm³/mol. The first kappa shape index (κ1) is 19.5. The Balaban J connectivity index is 1.55. The van der Waals surface area contributed by atoms with Crippen LogP contribution in [0.2, 0.25) is 0 Å². The maximum absolute atomic E-state index is 5.29. The van der Waals surface area contributed by atoms with E-state index in [1.165, 1.54) is 35.6 Å². The highest BCUT2D eigenvalue weighted by Crippen LogP contribution is 2.43. The summed E-state index contributed by atoms with van der Waals surface area (Å²) in [5.74, 6) is 1.74. The minimum atomic E-state index is 0.371. The number of rotatable bonds is 8. The Labute approximate surface area is 162 Å². The molecule has 5 heteroatoms. The molecule has 2 N–H and O–H groups in total. The largest absolute Gasteiger partial charge is 0.497 e. The van der Waals surface area contributed by atoms with Crippen LogP contribution in [0.15, 0.2) is 41.4 Å². The Kier molecular flexibility index (Phi) is 6.56. The lowest BCUT2D eigenvalue weighted by Gasteiger charge is -2.42. The van der Waals surface area contributed by atoms with Crippen LogP contribution in [0.25, 0.3) is 10.8 Å². The van der Waals surface area contributed by atoms with Crippen molar-refractivity contribution in [3.05, 3.63) is 42.0 Å². The van der Waals surface area contributed by atoms with E-state index in [2.05, 4.69) is 46.0 Å². The molecule has 0 unspecified atom stereocenters. The molecular formula is C22H31N3O2. The van der Waals surface area contributed by atoms with E-state index in [1.54, 1.807) is 14.2 Å². The maximum Gasteiger partial charge on any atom is 0.191 e. The number of hydrogen-bond donors (Lipinski definition) is 2. The van der Waals surface area contributed by atoms with Crippen molar-refractivity contribution in [3.63, 3.8) is 0 Å². The monoisotopic (exact) mass is 369 g/mol. The van der Waals surface area contributed by atoms with Gasteiger partial charge in [0, 0.05) is 33.9 Å². The van der Waals surface area contributed by atoms with Gasteiger partial charge in [-0.1, -0.05) is 24.6 Å². The van der Waals surface area contributed by atoms with Crippen molar-refractivity contribution in [2.75, 3.05) is 34.4 Å². The highest BCUT2D eigenvalue weighted by Gasteiger charge is 2.36. The van der Waals surface area contributed by atoms with Crippen LogP contribution in [0.1, 0.15) is 31.2 Å². The van der Waals surface area contributed by atoms with Crippen LogP contribution in [0.4, 0.5) is 0 Å². The standard InChI is InChI=1S/C22H31N3O2/c1-23-21(25-16-22(9-4-10-22)11-12-26-2)24-15-17-5-6-19-14-20(27-3)8-7-18(19)13-17/h5-8,13-14H,4,9-12,15-16H2,1-3H3,(H2,23,24,25). The zero-order chi connectivity index (χ0) is 19.1. The van der Waals surface area contributed by atoms with Gasteiger partial charge < -0.3 is 20.1 Å². The molecule has 0 radical (unpaired) electrons. The van der Waals surface area contributed by atoms with Crippen molar-refractivity contribution in [2.45, 2.75) is 32.2 Å². The summed E-state index contributed by atoms with van der Waals surface area (Å²) in [5, 5.41) is 9.34. The Bertz CT molecular complexity index is 784. The van der Waals surface area contributed by atoms with Gasteiger partial charge in [-0.3, -0.25) is 4.99 Å². The first-order valence-corrected chi connectivity index (χ1v) is 9.68. The highest BCUT2D eigenvalue weighted by atomic mass is 16.5. The van der Waals surface area contributed by atoms with Gasteiger partial charge in [0.25, 0.3) is 0 Å². The second-order valence-electron chi connectivity index (χ2n) is 7.42. The molecular weight excluding hydrogens is 338 g/mol. The minimum Gasteiger partial charge on any atom is -0.497 e. The summed E-state index contributed by atoms with van der Waals surface area (Å²) in [5.41, 5.74) is 1.60. The molecule has 1 fully saturated rings. The van der Waals surface area contributed by atoms with E-state index in [-0.39, 0.29) is 0 Å². The van der Waals surface area contributed by atoms with E-state index in [0.29, 0.717) is 5.41 Å². The average Bonchev–Trinajstić information content (AvgIpc) is 2.68. The van der Waals surface area contributed by atoms with Crippen LogP contribution in [-0.2, 0) is 11.3 Å². The summed E-state index contributed by atoms with van der Waals surface area (Å²) >= 11 is 0. The normalized spacial score (nSPS) is 16.0. The molecule has 146 valence electrons. The number of fused-ring (bicyclic) bond motifs is 1. The molecule has 27 heavy (non-hydrogen) atoms. The average molecular weight is 370 g/mol. The summed E-state index contributed by atoms with van der Waals surface area (Å²) in [6.07, 6.45) is 4.98. The number of methoxy groups -OCH3 is 2. The molecule has 1 saturated carbocycles. The van der Waals surface area contributed by atoms with Gasteiger partial charge in [-0.2, -0.15) is 0 Å². The van der Waals surface area contributed by atoms with Crippen LogP contribution in [-0.4, -0.2) is 40.4 Å². The molecule has 0 atom stereocenters. The van der Waals surface area contributed by atoms with Crippen molar-refractivity contribution in [1.29, 1.82) is 0 Å². The van der Waals surface area contributed by atoms with Crippen molar-refractivity contribution in [1.82, 2.24) is 10.6 Å². The smallest absolute Gasteiger partial charge is 0.191 e. The number of nitrogens with zero attached hydrogens (tertiary/aromatic N) is 1. The van der Waals surface area contributed by atoms with Crippen molar-refractivity contribution in [3.8, 4) is 5.75 Å². The van der Waals surface area contributed by atoms with Crippen LogP contribution >= 0.6 is 0 Å². The Morgan fingerprint density at radius 3 is 2.52 bits per heavy atom. The molecule has 1 aliphatic carbocycles. The predicted octanol–water partition coefficient (Wildman–Crippen LogP) is 3.72. The summed E-state index contributed by atoms with van der Waals surface area (Å²) in [6.45, 7) is 2.52. The molecule has 0 saturated heterocycles. The molecule has 0 amide bonds. The van der Waals surface area contributed by atoms with Gasteiger partial charge in [0.15, 0.2) is 5.96 Å². The molecule has 5 nitrogen and oxygen atoms in total. The van der Waals surface area contributed by atoms with E-state index in [4.69, 9.17) is 9.47 Å². The number of guanidine groups is 1. The lowest BCUT2D eigenvalue weighted by Crippen LogP contribution is -2.46. The fourth-order valence-corrected chi connectivity index (χ4v) is 3.70. The molecule has 3 rings (SSSR count). The lowest BCUT2D eigenvalue weighted by molar-refractivity contribution is 0.0732. The van der Waals surface area contributed by atoms with Gasteiger partial charge in [0.2, 0.25) is 0 Å². The van der Waals surface area contributed by atoms with E-state index >= 15 is 0 Å². The van der Waals surface area contributed by atoms with Crippen LogP contribution in [0.5, 0.6) is 5.75 Å². The summed E-state index contributed by atoms with van der Waals surface area (Å²) < 4.78 is 10.6. The van der Waals surface area contributed by atoms with Gasteiger partial charge in [0.1, 0.15) is 5.75 Å². The zero-order valence-corrected chi connectivity index (χ0v) is 16.7. The first-order chi connectivity index (χ1) is 13.2. The van der Waals surface area contributed by atoms with Crippen molar-refractivity contribution >= 4 is 16.7 Å². The summed E-state index contributed by atoms with van der Waals surface area (Å²) in [6, 6.07) is 12.7. The molecule has 0 aliphatic heterocycles. The molecule has 0 heterocycles. The van der Waals surface area contributed by atoms with Gasteiger partial charge >= 0.3 is 0 Å². The number of nitrogens with one attached hydrogen (secondary N) is 2. The molecule has 0 aromatic heterocycles. The number of hydrogen-bond acceptors (Lipinski definition) is 3. The SMILES string of the molecule is CN=C(NCc1ccc2cc(OC)ccc2c1)NCC1(CCOC)CCC1. The number of benzene rings is 2. The molecule has 2 aromatic rings. The second-order valence-corrected chi connectivity index (χ2v) is 7.42. The van der Waals surface area contributed by atoms with E-state index < -0.39 is 0 Å². The number of aliphatic imine (C=N–C) groups is 1. The summed E-state index contributed by atoms with van der Waals surface area (Å²) in [4.78, 5) is 4.38. The third-order valence-electron chi connectivity index (χ3n) is 5.68. The first-order valence-electron chi connectivity index (χ1n) is 9.68. The molecule has 0 bridgehead atoms. The zero-order valence-electron chi connectivity index (χ0n) is 16.7. The number of ether oxygens (including phenoxy) is 2. The lowest BCUT2D eigenvalue weighted by atomic mass is 9.67. The topological polar surface area (TPSA) is 54.9 Å². The Hall–Kier alpha value is -2.27. The van der Waals surface area contributed by atoms with Crippen LogP contribution in [0.3, 0.4) is 0 Å². The molecule has 1 aliphatic rings. The van der Waals surface area contributed by atoms with Crippen molar-refractivity contribution in [2.24, 2.45) is 10.4 Å². The third kappa shape index (κ3) is 4.92. The minimum absolute atomic E-state index is 0.371. The Morgan fingerprint density at radius 1 is 1.07 bits per heavy atom. The van der Waals surface area contributed by atoms with Gasteiger partial charge in [-0.05, 0) is 59.2 Å². The quantitative estimate of drug-likeness (QED) is 0.550. The molecule has 0 spiro atoms. The van der Waals surface area contributed by atoms with Crippen LogP contribution in [0, 0.1) is 5.41 Å². The maximum atomic E-state index is 5.29. The second kappa shape index (κ2) is 9.09. The fraction of sp³-hybridized carbons (Fsp3) is 0.500. The Morgan fingerprint density at radius 2 is 1.85 bits per heavy atom.